The van der Waals surface area contributed by atoms with Gasteiger partial charge in [-0.15, -0.1) is 0 Å². The second-order valence-corrected chi connectivity index (χ2v) is 10.6. The molecule has 1 aliphatic heterocycles. The second kappa shape index (κ2) is 10.5. The number of amides is 1. The number of likely N-dealkylation sites (N-methyl/N-ethyl adjacent to an activating group) is 1. The molecule has 0 radical (unpaired) electrons. The van der Waals surface area contributed by atoms with Crippen LogP contribution in [0.5, 0.6) is 5.88 Å². The van der Waals surface area contributed by atoms with Crippen molar-refractivity contribution >= 4 is 15.9 Å². The molecule has 2 heterocycles. The average molecular weight is 490 g/mol. The van der Waals surface area contributed by atoms with Gasteiger partial charge >= 0.3 is 0 Å². The molecule has 3 atom stereocenters. The summed E-state index contributed by atoms with van der Waals surface area (Å²) in [6, 6.07) is 7.13. The predicted molar refractivity (Wildman–Crippen MR) is 125 cm³/mol. The number of carbonyl (C=O) groups is 1. The molecule has 1 aromatic heterocycles. The Labute approximate surface area is 199 Å². The highest BCUT2D eigenvalue weighted by molar-refractivity contribution is 7.88. The zero-order valence-corrected chi connectivity index (χ0v) is 20.3. The maximum atomic E-state index is 13.9. The highest BCUT2D eigenvalue weighted by atomic mass is 32.2. The van der Waals surface area contributed by atoms with E-state index in [-0.39, 0.29) is 48.5 Å². The Hall–Kier alpha value is -3.00. The number of aliphatic hydroxyl groups excluding tert-OH is 1. The van der Waals surface area contributed by atoms with E-state index in [2.05, 4.69) is 16.8 Å². The van der Waals surface area contributed by atoms with Crippen molar-refractivity contribution in [1.82, 2.24) is 14.2 Å². The molecule has 3 rings (SSSR count). The number of ether oxygens (including phenoxy) is 1. The summed E-state index contributed by atoms with van der Waals surface area (Å²) in [7, 11) is -1.99. The number of nitrogens with zero attached hydrogens (tertiary/aromatic N) is 3. The first-order chi connectivity index (χ1) is 16.0. The quantitative estimate of drug-likeness (QED) is 0.643. The van der Waals surface area contributed by atoms with Crippen LogP contribution < -0.4 is 4.74 Å². The van der Waals surface area contributed by atoms with Gasteiger partial charge in [0.25, 0.3) is 5.91 Å². The zero-order valence-electron chi connectivity index (χ0n) is 19.5. The topological polar surface area (TPSA) is 100 Å². The molecule has 1 aliphatic rings. The van der Waals surface area contributed by atoms with E-state index in [1.54, 1.807) is 25.1 Å². The molecule has 0 fully saturated rings. The first kappa shape index (κ1) is 25.6. The van der Waals surface area contributed by atoms with Crippen molar-refractivity contribution in [1.29, 1.82) is 0 Å². The molecule has 10 heteroatoms. The summed E-state index contributed by atoms with van der Waals surface area (Å²) in [6.07, 6.45) is 1.93. The van der Waals surface area contributed by atoms with Crippen LogP contribution in [0.15, 0.2) is 36.5 Å². The smallest absolute Gasteiger partial charge is 0.259 e. The van der Waals surface area contributed by atoms with Crippen LogP contribution in [0, 0.1) is 23.6 Å². The van der Waals surface area contributed by atoms with Crippen molar-refractivity contribution in [3.8, 4) is 17.7 Å². The van der Waals surface area contributed by atoms with Gasteiger partial charge in [0.05, 0.1) is 31.0 Å². The molecule has 0 spiro atoms. The van der Waals surface area contributed by atoms with Gasteiger partial charge in [-0.25, -0.2) is 22.1 Å². The van der Waals surface area contributed by atoms with Gasteiger partial charge in [0.15, 0.2) is 0 Å². The highest BCUT2D eigenvalue weighted by Gasteiger charge is 2.35. The molecule has 1 N–H and O–H groups in total. The van der Waals surface area contributed by atoms with Crippen LogP contribution in [0.4, 0.5) is 4.39 Å². The molecular weight excluding hydrogens is 461 g/mol. The number of halogens is 1. The fraction of sp³-hybridized carbons (Fsp3) is 0.417. The number of fused-ring (bicyclic) bond motifs is 1. The van der Waals surface area contributed by atoms with E-state index in [0.29, 0.717) is 5.56 Å². The van der Waals surface area contributed by atoms with Crippen molar-refractivity contribution in [3.05, 3.63) is 59.0 Å². The van der Waals surface area contributed by atoms with Crippen molar-refractivity contribution in [2.45, 2.75) is 26.0 Å². The third-order valence-electron chi connectivity index (χ3n) is 5.74. The van der Waals surface area contributed by atoms with Crippen LogP contribution in [0.25, 0.3) is 0 Å². The number of hydrogen-bond donors (Lipinski definition) is 1. The van der Waals surface area contributed by atoms with Crippen LogP contribution >= 0.6 is 0 Å². The maximum absolute atomic E-state index is 13.9. The summed E-state index contributed by atoms with van der Waals surface area (Å²) < 4.78 is 45.0. The van der Waals surface area contributed by atoms with Crippen LogP contribution in [0.1, 0.15) is 35.3 Å². The number of sulfonamides is 1. The van der Waals surface area contributed by atoms with Crippen molar-refractivity contribution in [2.75, 3.05) is 33.0 Å². The maximum Gasteiger partial charge on any atom is 0.259 e. The molecule has 0 saturated carbocycles. The lowest BCUT2D eigenvalue weighted by Crippen LogP contribution is -2.50. The largest absolute Gasteiger partial charge is 0.472 e. The first-order valence-electron chi connectivity index (χ1n) is 10.8. The summed E-state index contributed by atoms with van der Waals surface area (Å²) in [4.78, 5) is 19.2. The van der Waals surface area contributed by atoms with E-state index >= 15 is 0 Å². The zero-order chi connectivity index (χ0) is 25.0. The lowest BCUT2D eigenvalue weighted by Gasteiger charge is -2.37. The number of aliphatic hydroxyl groups is 1. The van der Waals surface area contributed by atoms with Crippen LogP contribution in [-0.2, 0) is 10.0 Å². The van der Waals surface area contributed by atoms with Crippen LogP contribution in [0.3, 0.4) is 0 Å². The molecular formula is C24H28FN3O5S. The molecule has 0 unspecified atom stereocenters. The molecule has 1 amide bonds. The lowest BCUT2D eigenvalue weighted by atomic mass is 10.0. The number of carbonyl (C=O) groups excluding carboxylic acids is 1. The number of rotatable bonds is 5. The summed E-state index contributed by atoms with van der Waals surface area (Å²) in [6.45, 7) is 3.63. The lowest BCUT2D eigenvalue weighted by molar-refractivity contribution is 0.0373. The summed E-state index contributed by atoms with van der Waals surface area (Å²) >= 11 is 0. The van der Waals surface area contributed by atoms with E-state index in [4.69, 9.17) is 4.74 Å². The van der Waals surface area contributed by atoms with E-state index < -0.39 is 28.0 Å². The summed E-state index contributed by atoms with van der Waals surface area (Å²) in [5, 5.41) is 9.72. The second-order valence-electron chi connectivity index (χ2n) is 8.47. The van der Waals surface area contributed by atoms with Crippen molar-refractivity contribution < 1.29 is 27.4 Å². The molecule has 8 nitrogen and oxygen atoms in total. The molecule has 1 aromatic carbocycles. The van der Waals surface area contributed by atoms with E-state index in [0.717, 1.165) is 6.26 Å². The van der Waals surface area contributed by atoms with E-state index in [1.807, 2.05) is 6.92 Å². The third-order valence-corrected chi connectivity index (χ3v) is 7.02. The minimum Gasteiger partial charge on any atom is -0.472 e. The van der Waals surface area contributed by atoms with Gasteiger partial charge in [0.1, 0.15) is 17.5 Å². The highest BCUT2D eigenvalue weighted by Crippen LogP contribution is 2.27. The number of pyridine rings is 1. The van der Waals surface area contributed by atoms with Crippen molar-refractivity contribution in [3.63, 3.8) is 0 Å². The Morgan fingerprint density at radius 1 is 1.35 bits per heavy atom. The van der Waals surface area contributed by atoms with Crippen LogP contribution in [-0.4, -0.2) is 78.8 Å². The van der Waals surface area contributed by atoms with Gasteiger partial charge in [-0.05, 0) is 25.1 Å². The first-order valence-corrected chi connectivity index (χ1v) is 12.6. The molecule has 34 heavy (non-hydrogen) atoms. The van der Waals surface area contributed by atoms with Gasteiger partial charge in [-0.3, -0.25) is 4.79 Å². The summed E-state index contributed by atoms with van der Waals surface area (Å²) in [5.74, 6) is 4.52. The molecule has 182 valence electrons. The number of hydrogen-bond acceptors (Lipinski definition) is 6. The number of aromatic nitrogens is 1. The SMILES string of the molecule is C[C@H](CO)N1C[C@H](C)[C@H](CN(C)S(C)(=O)=O)Oc2ncc(C#Cc3ccccc3F)cc2C1=O. The Morgan fingerprint density at radius 2 is 2.06 bits per heavy atom. The van der Waals surface area contributed by atoms with E-state index in [1.165, 1.54) is 34.6 Å². The summed E-state index contributed by atoms with van der Waals surface area (Å²) in [5.41, 5.74) is 0.735. The molecule has 0 saturated heterocycles. The molecule has 0 bridgehead atoms. The predicted octanol–water partition coefficient (Wildman–Crippen LogP) is 1.73. The van der Waals surface area contributed by atoms with Gasteiger partial charge < -0.3 is 14.7 Å². The normalized spacial score (nSPS) is 19.4. The monoisotopic (exact) mass is 489 g/mol. The van der Waals surface area contributed by atoms with Gasteiger partial charge in [0, 0.05) is 31.3 Å². The van der Waals surface area contributed by atoms with Crippen molar-refractivity contribution in [2.24, 2.45) is 5.92 Å². The number of benzene rings is 1. The van der Waals surface area contributed by atoms with Gasteiger partial charge in [-0.2, -0.15) is 0 Å². The minimum atomic E-state index is -3.45. The Bertz CT molecular complexity index is 1220. The Morgan fingerprint density at radius 3 is 2.71 bits per heavy atom. The van der Waals surface area contributed by atoms with E-state index in [9.17, 15) is 22.7 Å². The van der Waals surface area contributed by atoms with Gasteiger partial charge in [-0.1, -0.05) is 30.9 Å². The average Bonchev–Trinajstić information content (AvgIpc) is 2.79. The fourth-order valence-corrected chi connectivity index (χ4v) is 3.90. The standard InChI is InChI=1S/C24H28FN3O5S/c1-16-13-28(17(2)15-29)24(30)20-11-18(9-10-19-7-5-6-8-21(19)25)12-26-23(20)33-22(16)14-27(3)34(4,31)32/h5-8,11-12,16-17,22,29H,13-15H2,1-4H3/t16-,17+,22-/m0/s1. The van der Waals surface area contributed by atoms with Crippen LogP contribution in [0.2, 0.25) is 0 Å². The Kier molecular flexibility index (Phi) is 7.92. The van der Waals surface area contributed by atoms with Gasteiger partial charge in [0.2, 0.25) is 15.9 Å². The molecule has 0 aliphatic carbocycles. The Balaban J connectivity index is 2.03. The third kappa shape index (κ3) is 5.91. The fourth-order valence-electron chi connectivity index (χ4n) is 3.48. The molecule has 2 aromatic rings. The minimum absolute atomic E-state index is 0.0510.